The summed E-state index contributed by atoms with van der Waals surface area (Å²) in [5.41, 5.74) is 0.320. The molecule has 2 heterocycles. The fraction of sp³-hybridized carbons (Fsp3) is 0.688. The largest absolute Gasteiger partial charge is 0.477 e. The standard InChI is InChI=1S/C16H24ClN3O3/c1-11-9-13(19-14(17)18-11)22-10-12-5-7-20(8-6-12)15(21)23-16(2,3)4/h9,12H,5-8,10H2,1-4H3. The van der Waals surface area contributed by atoms with Gasteiger partial charge in [0.05, 0.1) is 6.61 Å². The van der Waals surface area contributed by atoms with E-state index in [1.54, 1.807) is 11.0 Å². The van der Waals surface area contributed by atoms with Crippen LogP contribution in [0.5, 0.6) is 5.88 Å². The molecule has 1 aliphatic heterocycles. The molecule has 1 amide bonds. The lowest BCUT2D eigenvalue weighted by Crippen LogP contribution is -2.42. The summed E-state index contributed by atoms with van der Waals surface area (Å²) < 4.78 is 11.1. The molecule has 0 aromatic carbocycles. The van der Waals surface area contributed by atoms with Gasteiger partial charge >= 0.3 is 6.09 Å². The molecule has 0 saturated carbocycles. The first-order valence-corrected chi connectivity index (χ1v) is 8.22. The molecule has 0 N–H and O–H groups in total. The smallest absolute Gasteiger partial charge is 0.410 e. The van der Waals surface area contributed by atoms with Gasteiger partial charge in [-0.15, -0.1) is 0 Å². The van der Waals surface area contributed by atoms with Gasteiger partial charge in [-0.05, 0) is 58.1 Å². The lowest BCUT2D eigenvalue weighted by molar-refractivity contribution is 0.0164. The van der Waals surface area contributed by atoms with Crippen LogP contribution in [0, 0.1) is 12.8 Å². The average Bonchev–Trinajstić information content (AvgIpc) is 2.43. The molecule has 0 spiro atoms. The molecule has 6 nitrogen and oxygen atoms in total. The SMILES string of the molecule is Cc1cc(OCC2CCN(C(=O)OC(C)(C)C)CC2)nc(Cl)n1. The van der Waals surface area contributed by atoms with Crippen LogP contribution in [0.15, 0.2) is 6.07 Å². The van der Waals surface area contributed by atoms with E-state index in [4.69, 9.17) is 21.1 Å². The summed E-state index contributed by atoms with van der Waals surface area (Å²) in [6.45, 7) is 9.41. The quantitative estimate of drug-likeness (QED) is 0.788. The van der Waals surface area contributed by atoms with Crippen LogP contribution in [0.2, 0.25) is 5.28 Å². The Bertz CT molecular complexity index is 532. The Labute approximate surface area is 142 Å². The first-order valence-electron chi connectivity index (χ1n) is 7.85. The van der Waals surface area contributed by atoms with E-state index in [1.165, 1.54) is 0 Å². The van der Waals surface area contributed by atoms with Gasteiger partial charge in [-0.2, -0.15) is 4.98 Å². The van der Waals surface area contributed by atoms with Crippen LogP contribution in [-0.2, 0) is 4.74 Å². The van der Waals surface area contributed by atoms with Gasteiger partial charge in [0.1, 0.15) is 5.60 Å². The third kappa shape index (κ3) is 5.86. The summed E-state index contributed by atoms with van der Waals surface area (Å²) in [7, 11) is 0. The van der Waals surface area contributed by atoms with E-state index in [2.05, 4.69) is 9.97 Å². The number of likely N-dealkylation sites (tertiary alicyclic amines) is 1. The van der Waals surface area contributed by atoms with Gasteiger partial charge in [0.15, 0.2) is 0 Å². The maximum Gasteiger partial charge on any atom is 0.410 e. The number of aryl methyl sites for hydroxylation is 1. The molecule has 128 valence electrons. The summed E-state index contributed by atoms with van der Waals surface area (Å²) in [6, 6.07) is 1.77. The number of aromatic nitrogens is 2. The Morgan fingerprint density at radius 1 is 1.35 bits per heavy atom. The fourth-order valence-corrected chi connectivity index (χ4v) is 2.61. The Morgan fingerprint density at radius 3 is 2.57 bits per heavy atom. The number of carbonyl (C=O) groups excluding carboxylic acids is 1. The molecule has 2 rings (SSSR count). The Kier molecular flexibility index (Phi) is 5.68. The number of carbonyl (C=O) groups is 1. The van der Waals surface area contributed by atoms with Gasteiger partial charge < -0.3 is 14.4 Å². The molecule has 1 aromatic heterocycles. The van der Waals surface area contributed by atoms with E-state index in [9.17, 15) is 4.79 Å². The van der Waals surface area contributed by atoms with Gasteiger partial charge in [0.25, 0.3) is 0 Å². The minimum atomic E-state index is -0.457. The topological polar surface area (TPSA) is 64.5 Å². The lowest BCUT2D eigenvalue weighted by Gasteiger charge is -2.33. The van der Waals surface area contributed by atoms with E-state index >= 15 is 0 Å². The summed E-state index contributed by atoms with van der Waals surface area (Å²) in [4.78, 5) is 21.8. The molecule has 1 saturated heterocycles. The normalized spacial score (nSPS) is 16.3. The second-order valence-corrected chi connectivity index (χ2v) is 7.18. The van der Waals surface area contributed by atoms with E-state index in [1.807, 2.05) is 27.7 Å². The number of ether oxygens (including phenoxy) is 2. The van der Waals surface area contributed by atoms with Gasteiger partial charge in [-0.3, -0.25) is 0 Å². The van der Waals surface area contributed by atoms with Crippen LogP contribution < -0.4 is 4.74 Å². The van der Waals surface area contributed by atoms with Crippen LogP contribution in [-0.4, -0.2) is 46.3 Å². The number of hydrogen-bond acceptors (Lipinski definition) is 5. The molecular formula is C16H24ClN3O3. The van der Waals surface area contributed by atoms with Crippen molar-refractivity contribution in [2.75, 3.05) is 19.7 Å². The highest BCUT2D eigenvalue weighted by molar-refractivity contribution is 6.28. The van der Waals surface area contributed by atoms with Crippen molar-refractivity contribution in [1.82, 2.24) is 14.9 Å². The van der Waals surface area contributed by atoms with Crippen molar-refractivity contribution in [2.45, 2.75) is 46.1 Å². The average molecular weight is 342 g/mol. The van der Waals surface area contributed by atoms with E-state index in [0.29, 0.717) is 31.5 Å². The van der Waals surface area contributed by atoms with Crippen molar-refractivity contribution in [3.8, 4) is 5.88 Å². The third-order valence-corrected chi connectivity index (χ3v) is 3.71. The minimum Gasteiger partial charge on any atom is -0.477 e. The zero-order valence-electron chi connectivity index (χ0n) is 14.1. The summed E-state index contributed by atoms with van der Waals surface area (Å²) in [5.74, 6) is 0.889. The predicted molar refractivity (Wildman–Crippen MR) is 87.8 cm³/mol. The second-order valence-electron chi connectivity index (χ2n) is 6.84. The highest BCUT2D eigenvalue weighted by atomic mass is 35.5. The first kappa shape index (κ1) is 17.8. The molecule has 1 aromatic rings. The maximum absolute atomic E-state index is 12.0. The van der Waals surface area contributed by atoms with Crippen LogP contribution in [0.4, 0.5) is 4.79 Å². The molecule has 1 fully saturated rings. The van der Waals surface area contributed by atoms with Crippen LogP contribution in [0.1, 0.15) is 39.3 Å². The molecule has 7 heteroatoms. The molecule has 0 bridgehead atoms. The van der Waals surface area contributed by atoms with Crippen molar-refractivity contribution in [1.29, 1.82) is 0 Å². The fourth-order valence-electron chi connectivity index (χ4n) is 2.39. The summed E-state index contributed by atoms with van der Waals surface area (Å²) in [5, 5.41) is 0.194. The number of amides is 1. The van der Waals surface area contributed by atoms with Gasteiger partial charge in [0, 0.05) is 24.8 Å². The molecule has 0 radical (unpaired) electrons. The van der Waals surface area contributed by atoms with Crippen LogP contribution in [0.25, 0.3) is 0 Å². The van der Waals surface area contributed by atoms with Crippen LogP contribution in [0.3, 0.4) is 0 Å². The lowest BCUT2D eigenvalue weighted by atomic mass is 9.98. The third-order valence-electron chi connectivity index (χ3n) is 3.54. The number of halogens is 1. The Morgan fingerprint density at radius 2 is 2.00 bits per heavy atom. The van der Waals surface area contributed by atoms with Crippen molar-refractivity contribution in [2.24, 2.45) is 5.92 Å². The van der Waals surface area contributed by atoms with Crippen LogP contribution >= 0.6 is 11.6 Å². The number of hydrogen-bond donors (Lipinski definition) is 0. The van der Waals surface area contributed by atoms with Gasteiger partial charge in [0.2, 0.25) is 11.2 Å². The molecular weight excluding hydrogens is 318 g/mol. The summed E-state index contributed by atoms with van der Waals surface area (Å²) >= 11 is 5.82. The van der Waals surface area contributed by atoms with E-state index < -0.39 is 5.60 Å². The second kappa shape index (κ2) is 7.34. The van der Waals surface area contributed by atoms with Gasteiger partial charge in [-0.1, -0.05) is 0 Å². The first-order chi connectivity index (χ1) is 10.7. The Balaban J connectivity index is 1.77. The predicted octanol–water partition coefficient (Wildman–Crippen LogP) is 3.46. The monoisotopic (exact) mass is 341 g/mol. The molecule has 23 heavy (non-hydrogen) atoms. The molecule has 0 aliphatic carbocycles. The van der Waals surface area contributed by atoms with Crippen molar-refractivity contribution in [3.05, 3.63) is 17.0 Å². The molecule has 0 atom stereocenters. The van der Waals surface area contributed by atoms with Crippen molar-refractivity contribution >= 4 is 17.7 Å². The van der Waals surface area contributed by atoms with Gasteiger partial charge in [-0.25, -0.2) is 9.78 Å². The zero-order valence-corrected chi connectivity index (χ0v) is 14.9. The summed E-state index contributed by atoms with van der Waals surface area (Å²) in [6.07, 6.45) is 1.53. The Hall–Kier alpha value is -1.56. The highest BCUT2D eigenvalue weighted by Gasteiger charge is 2.27. The molecule has 0 unspecified atom stereocenters. The van der Waals surface area contributed by atoms with Crippen molar-refractivity contribution < 1.29 is 14.3 Å². The maximum atomic E-state index is 12.0. The van der Waals surface area contributed by atoms with E-state index in [-0.39, 0.29) is 11.4 Å². The number of piperidine rings is 1. The number of rotatable bonds is 3. The van der Waals surface area contributed by atoms with Crippen molar-refractivity contribution in [3.63, 3.8) is 0 Å². The zero-order chi connectivity index (χ0) is 17.0. The van der Waals surface area contributed by atoms with E-state index in [0.717, 1.165) is 18.5 Å². The minimum absolute atomic E-state index is 0.194. The molecule has 1 aliphatic rings. The number of nitrogens with zero attached hydrogens (tertiary/aromatic N) is 3. The highest BCUT2D eigenvalue weighted by Crippen LogP contribution is 2.21.